The molecule has 0 spiro atoms. The van der Waals surface area contributed by atoms with Crippen LogP contribution < -0.4 is 4.74 Å². The Morgan fingerprint density at radius 3 is 2.41 bits per heavy atom. The van der Waals surface area contributed by atoms with E-state index in [4.69, 9.17) is 4.74 Å². The molecule has 0 bridgehead atoms. The molecule has 1 aromatic rings. The van der Waals surface area contributed by atoms with Crippen molar-refractivity contribution in [2.24, 2.45) is 0 Å². The van der Waals surface area contributed by atoms with Crippen molar-refractivity contribution >= 4 is 12.0 Å². The van der Waals surface area contributed by atoms with Gasteiger partial charge in [0.05, 0.1) is 4.92 Å². The fraction of sp³-hybridized carbons (Fsp3) is 0.364. The topological polar surface area (TPSA) is 89.7 Å². The highest BCUT2D eigenvalue weighted by Crippen LogP contribution is 2.38. The SMILES string of the molecule is CC(C)(C)Oc1cc(C=O)cc([N+](=O)[O-])c1O. The van der Waals surface area contributed by atoms with Crippen molar-refractivity contribution in [2.45, 2.75) is 26.4 Å². The van der Waals surface area contributed by atoms with Crippen LogP contribution in [-0.4, -0.2) is 21.9 Å². The largest absolute Gasteiger partial charge is 0.500 e. The first-order chi connectivity index (χ1) is 7.74. The highest BCUT2D eigenvalue weighted by Gasteiger charge is 2.23. The molecule has 1 aromatic carbocycles. The maximum atomic E-state index is 10.7. The Labute approximate surface area is 98.0 Å². The number of rotatable bonds is 3. The van der Waals surface area contributed by atoms with Gasteiger partial charge >= 0.3 is 5.69 Å². The molecule has 1 rings (SSSR count). The predicted molar refractivity (Wildman–Crippen MR) is 60.5 cm³/mol. The van der Waals surface area contributed by atoms with Crippen LogP contribution in [0.15, 0.2) is 12.1 Å². The number of phenols is 1. The Balaban J connectivity index is 3.34. The minimum atomic E-state index is -0.766. The third-order valence-electron chi connectivity index (χ3n) is 1.83. The molecule has 0 saturated heterocycles. The second-order valence-corrected chi connectivity index (χ2v) is 4.48. The van der Waals surface area contributed by atoms with Gasteiger partial charge in [-0.1, -0.05) is 0 Å². The number of aromatic hydroxyl groups is 1. The average Bonchev–Trinajstić information content (AvgIpc) is 2.18. The highest BCUT2D eigenvalue weighted by molar-refractivity contribution is 5.79. The van der Waals surface area contributed by atoms with E-state index >= 15 is 0 Å². The van der Waals surface area contributed by atoms with E-state index in [-0.39, 0.29) is 11.3 Å². The summed E-state index contributed by atoms with van der Waals surface area (Å²) in [7, 11) is 0. The second-order valence-electron chi connectivity index (χ2n) is 4.48. The van der Waals surface area contributed by atoms with Gasteiger partial charge in [-0.2, -0.15) is 0 Å². The normalized spacial score (nSPS) is 11.0. The lowest BCUT2D eigenvalue weighted by Crippen LogP contribution is -2.23. The number of hydrogen-bond acceptors (Lipinski definition) is 5. The molecule has 17 heavy (non-hydrogen) atoms. The summed E-state index contributed by atoms with van der Waals surface area (Å²) in [5.41, 5.74) is -1.10. The molecule has 1 N–H and O–H groups in total. The van der Waals surface area contributed by atoms with E-state index in [0.29, 0.717) is 6.29 Å². The quantitative estimate of drug-likeness (QED) is 0.496. The molecule has 0 amide bonds. The fourth-order valence-electron chi connectivity index (χ4n) is 1.23. The van der Waals surface area contributed by atoms with Crippen molar-refractivity contribution in [1.29, 1.82) is 0 Å². The number of phenolic OH excluding ortho intramolecular Hbond substituents is 1. The molecule has 0 heterocycles. The number of nitrogens with zero attached hydrogens (tertiary/aromatic N) is 1. The number of hydrogen-bond donors (Lipinski definition) is 1. The third kappa shape index (κ3) is 3.17. The molecule has 0 fully saturated rings. The Bertz CT molecular complexity index is 462. The molecule has 0 aliphatic rings. The summed E-state index contributed by atoms with van der Waals surface area (Å²) in [6, 6.07) is 2.26. The van der Waals surface area contributed by atoms with Crippen LogP contribution >= 0.6 is 0 Å². The Morgan fingerprint density at radius 2 is 2.00 bits per heavy atom. The molecule has 0 radical (unpaired) electrons. The summed E-state index contributed by atoms with van der Waals surface area (Å²) in [6.45, 7) is 5.18. The van der Waals surface area contributed by atoms with Crippen LogP contribution in [0.1, 0.15) is 31.1 Å². The van der Waals surface area contributed by atoms with E-state index in [2.05, 4.69) is 0 Å². The van der Waals surface area contributed by atoms with Gasteiger partial charge in [0.1, 0.15) is 11.9 Å². The standard InChI is InChI=1S/C11H13NO5/c1-11(2,3)17-9-5-7(6-13)4-8(10(9)14)12(15)16/h4-6,14H,1-3H3. The lowest BCUT2D eigenvalue weighted by Gasteiger charge is -2.21. The van der Waals surface area contributed by atoms with E-state index < -0.39 is 22.0 Å². The van der Waals surface area contributed by atoms with Gasteiger partial charge in [-0.25, -0.2) is 0 Å². The summed E-state index contributed by atoms with van der Waals surface area (Å²) in [5, 5.41) is 20.3. The third-order valence-corrected chi connectivity index (χ3v) is 1.83. The first kappa shape index (κ1) is 13.0. The van der Waals surface area contributed by atoms with Gasteiger partial charge in [0.15, 0.2) is 5.75 Å². The monoisotopic (exact) mass is 239 g/mol. The van der Waals surface area contributed by atoms with Crippen molar-refractivity contribution in [3.63, 3.8) is 0 Å². The zero-order chi connectivity index (χ0) is 13.2. The van der Waals surface area contributed by atoms with Crippen molar-refractivity contribution in [3.8, 4) is 11.5 Å². The summed E-state index contributed by atoms with van der Waals surface area (Å²) < 4.78 is 5.35. The number of carbonyl (C=O) groups is 1. The molecule has 0 aliphatic carbocycles. The van der Waals surface area contributed by atoms with Gasteiger partial charge in [-0.3, -0.25) is 14.9 Å². The number of benzene rings is 1. The minimum Gasteiger partial charge on any atom is -0.500 e. The van der Waals surface area contributed by atoms with Crippen molar-refractivity contribution in [3.05, 3.63) is 27.8 Å². The van der Waals surface area contributed by atoms with Crippen LogP contribution in [0.3, 0.4) is 0 Å². The lowest BCUT2D eigenvalue weighted by atomic mass is 10.1. The van der Waals surface area contributed by atoms with Gasteiger partial charge in [0, 0.05) is 11.6 Å². The summed E-state index contributed by atoms with van der Waals surface area (Å²) >= 11 is 0. The maximum Gasteiger partial charge on any atom is 0.315 e. The Kier molecular flexibility index (Phi) is 3.36. The summed E-state index contributed by atoms with van der Waals surface area (Å²) in [6.07, 6.45) is 0.460. The van der Waals surface area contributed by atoms with Crippen LogP contribution in [0.25, 0.3) is 0 Å². The van der Waals surface area contributed by atoms with Gasteiger partial charge in [-0.15, -0.1) is 0 Å². The van der Waals surface area contributed by atoms with Crippen molar-refractivity contribution in [2.75, 3.05) is 0 Å². The molecule has 0 saturated carbocycles. The smallest absolute Gasteiger partial charge is 0.315 e. The fourth-order valence-corrected chi connectivity index (χ4v) is 1.23. The summed E-state index contributed by atoms with van der Waals surface area (Å²) in [4.78, 5) is 20.6. The number of aldehydes is 1. The van der Waals surface area contributed by atoms with Crippen LogP contribution in [-0.2, 0) is 0 Å². The molecule has 0 aliphatic heterocycles. The van der Waals surface area contributed by atoms with Crippen LogP contribution in [0, 0.1) is 10.1 Å². The Morgan fingerprint density at radius 1 is 1.41 bits per heavy atom. The highest BCUT2D eigenvalue weighted by atomic mass is 16.6. The van der Waals surface area contributed by atoms with E-state index in [9.17, 15) is 20.0 Å². The first-order valence-electron chi connectivity index (χ1n) is 4.90. The first-order valence-corrected chi connectivity index (χ1v) is 4.90. The minimum absolute atomic E-state index is 0.0752. The van der Waals surface area contributed by atoms with Crippen molar-refractivity contribution in [1.82, 2.24) is 0 Å². The van der Waals surface area contributed by atoms with Crippen molar-refractivity contribution < 1.29 is 19.6 Å². The van der Waals surface area contributed by atoms with Gasteiger partial charge in [0.2, 0.25) is 5.75 Å². The van der Waals surface area contributed by atoms with Gasteiger partial charge in [0.25, 0.3) is 0 Å². The number of nitro groups is 1. The van der Waals surface area contributed by atoms with Gasteiger partial charge in [-0.05, 0) is 26.8 Å². The summed E-state index contributed by atoms with van der Waals surface area (Å²) in [5.74, 6) is -0.649. The van der Waals surface area contributed by atoms with Crippen LogP contribution in [0.2, 0.25) is 0 Å². The number of ether oxygens (including phenoxy) is 1. The number of nitro benzene ring substituents is 1. The molecular formula is C11H13NO5. The number of carbonyl (C=O) groups excluding carboxylic acids is 1. The van der Waals surface area contributed by atoms with Crippen LogP contribution in [0.5, 0.6) is 11.5 Å². The molecular weight excluding hydrogens is 226 g/mol. The van der Waals surface area contributed by atoms with E-state index in [1.165, 1.54) is 6.07 Å². The molecule has 0 unspecified atom stereocenters. The second kappa shape index (κ2) is 4.40. The molecule has 0 atom stereocenters. The molecule has 6 heteroatoms. The van der Waals surface area contributed by atoms with E-state index in [0.717, 1.165) is 6.07 Å². The molecule has 92 valence electrons. The average molecular weight is 239 g/mol. The molecule has 6 nitrogen and oxygen atoms in total. The lowest BCUT2D eigenvalue weighted by molar-refractivity contribution is -0.386. The predicted octanol–water partition coefficient (Wildman–Crippen LogP) is 2.29. The van der Waals surface area contributed by atoms with E-state index in [1.54, 1.807) is 20.8 Å². The van der Waals surface area contributed by atoms with E-state index in [1.807, 2.05) is 0 Å². The molecule has 0 aromatic heterocycles. The Hall–Kier alpha value is -2.11. The maximum absolute atomic E-state index is 10.7. The zero-order valence-electron chi connectivity index (χ0n) is 9.76. The van der Waals surface area contributed by atoms with Crippen LogP contribution in [0.4, 0.5) is 5.69 Å². The zero-order valence-corrected chi connectivity index (χ0v) is 9.76. The van der Waals surface area contributed by atoms with Gasteiger partial charge < -0.3 is 9.84 Å².